The van der Waals surface area contributed by atoms with Gasteiger partial charge in [0.15, 0.2) is 5.96 Å². The lowest BCUT2D eigenvalue weighted by Crippen LogP contribution is -2.41. The average molecular weight is 490 g/mol. The molecule has 7 nitrogen and oxygen atoms in total. The zero-order chi connectivity index (χ0) is 18.9. The van der Waals surface area contributed by atoms with E-state index in [1.807, 2.05) is 36.2 Å². The number of likely N-dealkylation sites (N-methyl/N-ethyl adjacent to an activating group) is 1. The largest absolute Gasteiger partial charge is 0.496 e. The number of amides is 1. The number of hydrogen-bond acceptors (Lipinski definition) is 4. The Kier molecular flexibility index (Phi) is 10.5. The van der Waals surface area contributed by atoms with E-state index in [1.54, 1.807) is 26.1 Å². The standard InChI is InChI=1S/C19H30N4O3.HI/c1-22(2)18(24)12-21-19(20-11-15-9-10-26-14-15)23(3)13-16-7-5-6-8-17(16)25-4;/h5-8,15H,9-14H2,1-4H3,(H,20,21);1H. The van der Waals surface area contributed by atoms with Crippen LogP contribution in [-0.4, -0.2) is 76.2 Å². The van der Waals surface area contributed by atoms with Crippen LogP contribution >= 0.6 is 24.0 Å². The second kappa shape index (κ2) is 12.0. The normalized spacial score (nSPS) is 16.4. The van der Waals surface area contributed by atoms with Gasteiger partial charge in [-0.25, -0.2) is 4.99 Å². The number of rotatable bonds is 7. The summed E-state index contributed by atoms with van der Waals surface area (Å²) in [4.78, 5) is 20.0. The van der Waals surface area contributed by atoms with Gasteiger partial charge in [0.05, 0.1) is 13.7 Å². The summed E-state index contributed by atoms with van der Waals surface area (Å²) in [6.45, 7) is 3.12. The van der Waals surface area contributed by atoms with Crippen molar-refractivity contribution in [1.82, 2.24) is 15.1 Å². The van der Waals surface area contributed by atoms with Crippen LogP contribution in [0, 0.1) is 5.92 Å². The third-order valence-electron chi connectivity index (χ3n) is 4.40. The monoisotopic (exact) mass is 490 g/mol. The van der Waals surface area contributed by atoms with E-state index in [4.69, 9.17) is 9.47 Å². The van der Waals surface area contributed by atoms with Gasteiger partial charge in [-0.2, -0.15) is 0 Å². The van der Waals surface area contributed by atoms with Crippen molar-refractivity contribution >= 4 is 35.8 Å². The first-order chi connectivity index (χ1) is 12.5. The highest BCUT2D eigenvalue weighted by Gasteiger charge is 2.18. The molecule has 0 aromatic heterocycles. The van der Waals surface area contributed by atoms with Crippen molar-refractivity contribution in [3.63, 3.8) is 0 Å². The van der Waals surface area contributed by atoms with E-state index in [2.05, 4.69) is 10.3 Å². The van der Waals surface area contributed by atoms with Gasteiger partial charge < -0.3 is 24.6 Å². The Balaban J connectivity index is 0.00000364. The van der Waals surface area contributed by atoms with Gasteiger partial charge in [-0.15, -0.1) is 24.0 Å². The summed E-state index contributed by atoms with van der Waals surface area (Å²) in [7, 11) is 7.10. The Morgan fingerprint density at radius 2 is 2.07 bits per heavy atom. The Hall–Kier alpha value is -1.55. The van der Waals surface area contributed by atoms with Crippen molar-refractivity contribution in [3.05, 3.63) is 29.8 Å². The van der Waals surface area contributed by atoms with Crippen LogP contribution in [0.2, 0.25) is 0 Å². The van der Waals surface area contributed by atoms with Crippen LogP contribution in [0.3, 0.4) is 0 Å². The highest BCUT2D eigenvalue weighted by molar-refractivity contribution is 14.0. The number of guanidine groups is 1. The van der Waals surface area contributed by atoms with Gasteiger partial charge in [-0.05, 0) is 12.5 Å². The van der Waals surface area contributed by atoms with Gasteiger partial charge in [-0.1, -0.05) is 18.2 Å². The molecule has 0 bridgehead atoms. The summed E-state index contributed by atoms with van der Waals surface area (Å²) in [6.07, 6.45) is 1.05. The van der Waals surface area contributed by atoms with E-state index in [9.17, 15) is 4.79 Å². The lowest BCUT2D eigenvalue weighted by atomic mass is 10.1. The van der Waals surface area contributed by atoms with Crippen molar-refractivity contribution in [2.45, 2.75) is 13.0 Å². The van der Waals surface area contributed by atoms with Gasteiger partial charge in [0.25, 0.3) is 0 Å². The Labute approximate surface area is 179 Å². The highest BCUT2D eigenvalue weighted by Crippen LogP contribution is 2.19. The van der Waals surface area contributed by atoms with Gasteiger partial charge in [0.1, 0.15) is 12.3 Å². The summed E-state index contributed by atoms with van der Waals surface area (Å²) in [5, 5.41) is 3.40. The minimum atomic E-state index is -0.0285. The molecule has 0 aliphatic carbocycles. The molecule has 1 N–H and O–H groups in total. The van der Waals surface area contributed by atoms with E-state index in [0.29, 0.717) is 18.4 Å². The quantitative estimate of drug-likeness (QED) is 0.359. The summed E-state index contributed by atoms with van der Waals surface area (Å²) < 4.78 is 10.9. The summed E-state index contributed by atoms with van der Waals surface area (Å²) in [6, 6.07) is 7.91. The lowest BCUT2D eigenvalue weighted by molar-refractivity contribution is -0.127. The number of benzene rings is 1. The maximum Gasteiger partial charge on any atom is 0.243 e. The molecule has 2 rings (SSSR count). The van der Waals surface area contributed by atoms with E-state index >= 15 is 0 Å². The number of para-hydroxylation sites is 1. The fourth-order valence-corrected chi connectivity index (χ4v) is 2.74. The highest BCUT2D eigenvalue weighted by atomic mass is 127. The van der Waals surface area contributed by atoms with Crippen LogP contribution < -0.4 is 10.1 Å². The van der Waals surface area contributed by atoms with Crippen molar-refractivity contribution in [3.8, 4) is 5.75 Å². The SMILES string of the molecule is COc1ccccc1CN(C)C(=NCC(=O)N(C)C)NCC1CCOC1.I. The van der Waals surface area contributed by atoms with Crippen LogP contribution in [0.5, 0.6) is 5.75 Å². The molecule has 1 aromatic carbocycles. The number of methoxy groups -OCH3 is 1. The molecule has 27 heavy (non-hydrogen) atoms. The molecular weight excluding hydrogens is 459 g/mol. The lowest BCUT2D eigenvalue weighted by Gasteiger charge is -2.24. The predicted molar refractivity (Wildman–Crippen MR) is 118 cm³/mol. The molecule has 0 saturated carbocycles. The number of nitrogens with one attached hydrogen (secondary N) is 1. The zero-order valence-electron chi connectivity index (χ0n) is 16.6. The molecule has 1 atom stereocenters. The number of nitrogens with zero attached hydrogens (tertiary/aromatic N) is 3. The summed E-state index contributed by atoms with van der Waals surface area (Å²) >= 11 is 0. The maximum atomic E-state index is 11.9. The number of carbonyl (C=O) groups is 1. The van der Waals surface area contributed by atoms with Crippen LogP contribution in [0.4, 0.5) is 0 Å². The number of hydrogen-bond donors (Lipinski definition) is 1. The van der Waals surface area contributed by atoms with Crippen molar-refractivity contribution in [1.29, 1.82) is 0 Å². The third kappa shape index (κ3) is 7.53. The van der Waals surface area contributed by atoms with Gasteiger partial charge in [0.2, 0.25) is 5.91 Å². The first-order valence-electron chi connectivity index (χ1n) is 8.90. The molecular formula is C19H31IN4O3. The van der Waals surface area contributed by atoms with Crippen molar-refractivity contribution in [2.75, 3.05) is 54.6 Å². The smallest absolute Gasteiger partial charge is 0.243 e. The maximum absolute atomic E-state index is 11.9. The average Bonchev–Trinajstić information content (AvgIpc) is 3.15. The minimum absolute atomic E-state index is 0. The Bertz CT molecular complexity index is 619. The first-order valence-corrected chi connectivity index (χ1v) is 8.90. The molecule has 1 heterocycles. The van der Waals surface area contributed by atoms with Crippen molar-refractivity contribution in [2.24, 2.45) is 10.9 Å². The van der Waals surface area contributed by atoms with Gasteiger partial charge in [0, 0.05) is 52.3 Å². The molecule has 1 aromatic rings. The molecule has 1 aliphatic rings. The van der Waals surface area contributed by atoms with Crippen LogP contribution in [0.1, 0.15) is 12.0 Å². The topological polar surface area (TPSA) is 66.4 Å². The van der Waals surface area contributed by atoms with E-state index in [1.165, 1.54) is 0 Å². The van der Waals surface area contributed by atoms with Gasteiger partial charge >= 0.3 is 0 Å². The molecule has 1 amide bonds. The Morgan fingerprint density at radius 3 is 2.70 bits per heavy atom. The van der Waals surface area contributed by atoms with Crippen molar-refractivity contribution < 1.29 is 14.3 Å². The van der Waals surface area contributed by atoms with Crippen LogP contribution in [-0.2, 0) is 16.1 Å². The van der Waals surface area contributed by atoms with E-state index < -0.39 is 0 Å². The Morgan fingerprint density at radius 1 is 1.33 bits per heavy atom. The number of aliphatic imine (C=N–C) groups is 1. The van der Waals surface area contributed by atoms with Crippen LogP contribution in [0.25, 0.3) is 0 Å². The molecule has 0 radical (unpaired) electrons. The van der Waals surface area contributed by atoms with E-state index in [-0.39, 0.29) is 36.4 Å². The second-order valence-corrected chi connectivity index (χ2v) is 6.71. The number of halogens is 1. The van der Waals surface area contributed by atoms with E-state index in [0.717, 1.165) is 37.5 Å². The predicted octanol–water partition coefficient (Wildman–Crippen LogP) is 1.82. The molecule has 8 heteroatoms. The summed E-state index contributed by atoms with van der Waals surface area (Å²) in [5.74, 6) is 1.99. The molecule has 1 fully saturated rings. The molecule has 1 saturated heterocycles. The number of ether oxygens (including phenoxy) is 2. The molecule has 0 spiro atoms. The minimum Gasteiger partial charge on any atom is -0.496 e. The summed E-state index contributed by atoms with van der Waals surface area (Å²) in [5.41, 5.74) is 1.06. The molecule has 1 aliphatic heterocycles. The van der Waals surface area contributed by atoms with Gasteiger partial charge in [-0.3, -0.25) is 4.79 Å². The first kappa shape index (κ1) is 23.5. The van der Waals surface area contributed by atoms with Crippen LogP contribution in [0.15, 0.2) is 29.3 Å². The zero-order valence-corrected chi connectivity index (χ0v) is 18.9. The number of carbonyl (C=O) groups excluding carboxylic acids is 1. The third-order valence-corrected chi connectivity index (χ3v) is 4.40. The second-order valence-electron chi connectivity index (χ2n) is 6.71. The molecule has 1 unspecified atom stereocenters. The fraction of sp³-hybridized carbons (Fsp3) is 0.579. The molecule has 152 valence electrons. The fourth-order valence-electron chi connectivity index (χ4n) is 2.74.